The highest BCUT2D eigenvalue weighted by atomic mass is 35.5. The molecule has 2 N–H and O–H groups in total. The molecule has 29 heavy (non-hydrogen) atoms. The average molecular weight is 448 g/mol. The van der Waals surface area contributed by atoms with E-state index < -0.39 is 5.91 Å². The molecule has 0 bridgehead atoms. The number of carbonyl (C=O) groups excluding carboxylic acids is 1. The highest BCUT2D eigenvalue weighted by molar-refractivity contribution is 6.42. The summed E-state index contributed by atoms with van der Waals surface area (Å²) in [5.41, 5.74) is 2.66. The van der Waals surface area contributed by atoms with Crippen molar-refractivity contribution in [2.24, 2.45) is 0 Å². The topological polar surface area (TPSA) is 88.5 Å². The Labute approximate surface area is 180 Å². The van der Waals surface area contributed by atoms with Crippen molar-refractivity contribution >= 4 is 46.7 Å². The van der Waals surface area contributed by atoms with Gasteiger partial charge in [-0.2, -0.15) is 5.10 Å². The molecule has 7 nitrogen and oxygen atoms in total. The van der Waals surface area contributed by atoms with Crippen molar-refractivity contribution in [2.75, 3.05) is 5.32 Å². The molecule has 0 unspecified atom stereocenters. The Balaban J connectivity index is 1.42. The number of anilines is 1. The number of aromatic amines is 1. The third kappa shape index (κ3) is 4.59. The maximum absolute atomic E-state index is 12.4. The predicted molar refractivity (Wildman–Crippen MR) is 113 cm³/mol. The van der Waals surface area contributed by atoms with Crippen LogP contribution in [0.3, 0.4) is 0 Å². The van der Waals surface area contributed by atoms with Crippen LogP contribution in [0.25, 0.3) is 11.3 Å². The van der Waals surface area contributed by atoms with E-state index >= 15 is 0 Å². The summed E-state index contributed by atoms with van der Waals surface area (Å²) in [5.74, 6) is -0.220. The Hall–Kier alpha value is -2.87. The largest absolute Gasteiger partial charge is 0.288 e. The van der Waals surface area contributed by atoms with Gasteiger partial charge in [-0.1, -0.05) is 53.0 Å². The number of H-pyrrole nitrogens is 1. The molecule has 2 aromatic heterocycles. The molecule has 4 rings (SSSR count). The molecule has 0 fully saturated rings. The van der Waals surface area contributed by atoms with E-state index in [1.165, 1.54) is 6.33 Å². The van der Waals surface area contributed by atoms with Crippen LogP contribution in [0.5, 0.6) is 0 Å². The first kappa shape index (κ1) is 19.4. The lowest BCUT2D eigenvalue weighted by Gasteiger charge is -2.03. The molecule has 0 aliphatic carbocycles. The Morgan fingerprint density at radius 2 is 1.83 bits per heavy atom. The van der Waals surface area contributed by atoms with E-state index in [1.54, 1.807) is 35.0 Å². The van der Waals surface area contributed by atoms with Crippen LogP contribution in [0.2, 0.25) is 15.1 Å². The van der Waals surface area contributed by atoms with Gasteiger partial charge < -0.3 is 0 Å². The van der Waals surface area contributed by atoms with E-state index in [9.17, 15) is 4.79 Å². The second-order valence-electron chi connectivity index (χ2n) is 6.14. The number of nitrogens with zero attached hydrogens (tertiary/aromatic N) is 4. The number of hydrogen-bond donors (Lipinski definition) is 2. The summed E-state index contributed by atoms with van der Waals surface area (Å²) >= 11 is 17.8. The van der Waals surface area contributed by atoms with Gasteiger partial charge in [0.05, 0.1) is 22.3 Å². The molecule has 0 saturated carbocycles. The molecule has 2 heterocycles. The minimum atomic E-state index is -0.398. The number of rotatable bonds is 5. The molecular weight excluding hydrogens is 435 g/mol. The second kappa shape index (κ2) is 8.24. The molecule has 10 heteroatoms. The van der Waals surface area contributed by atoms with Gasteiger partial charge in [-0.15, -0.1) is 5.10 Å². The van der Waals surface area contributed by atoms with Gasteiger partial charge in [0.2, 0.25) is 5.95 Å². The molecule has 0 saturated heterocycles. The zero-order chi connectivity index (χ0) is 20.4. The van der Waals surface area contributed by atoms with Crippen molar-refractivity contribution in [3.8, 4) is 11.3 Å². The fourth-order valence-corrected chi connectivity index (χ4v) is 3.08. The quantitative estimate of drug-likeness (QED) is 0.454. The number of hydrogen-bond acceptors (Lipinski definition) is 4. The van der Waals surface area contributed by atoms with Crippen molar-refractivity contribution < 1.29 is 4.79 Å². The molecule has 146 valence electrons. The van der Waals surface area contributed by atoms with Gasteiger partial charge in [-0.05, 0) is 35.9 Å². The van der Waals surface area contributed by atoms with Crippen LogP contribution in [0.4, 0.5) is 5.95 Å². The molecule has 0 aliphatic heterocycles. The highest BCUT2D eigenvalue weighted by Gasteiger charge is 2.13. The van der Waals surface area contributed by atoms with E-state index in [1.807, 2.05) is 18.2 Å². The summed E-state index contributed by atoms with van der Waals surface area (Å²) in [6.07, 6.45) is 1.52. The third-order valence-electron chi connectivity index (χ3n) is 4.05. The van der Waals surface area contributed by atoms with Crippen molar-refractivity contribution in [1.82, 2.24) is 25.0 Å². The zero-order valence-corrected chi connectivity index (χ0v) is 17.0. The molecule has 0 atom stereocenters. The minimum absolute atomic E-state index is 0.178. The lowest BCUT2D eigenvalue weighted by molar-refractivity contribution is 0.102. The van der Waals surface area contributed by atoms with E-state index in [4.69, 9.17) is 34.8 Å². The summed E-state index contributed by atoms with van der Waals surface area (Å²) in [6.45, 7) is 0.435. The van der Waals surface area contributed by atoms with E-state index in [0.717, 1.165) is 11.1 Å². The maximum atomic E-state index is 12.4. The lowest BCUT2D eigenvalue weighted by atomic mass is 10.1. The maximum Gasteiger partial charge on any atom is 0.276 e. The molecule has 4 aromatic rings. The molecule has 0 radical (unpaired) electrons. The Bertz CT molecular complexity index is 1170. The molecule has 0 spiro atoms. The minimum Gasteiger partial charge on any atom is -0.288 e. The lowest BCUT2D eigenvalue weighted by Crippen LogP contribution is -2.14. The van der Waals surface area contributed by atoms with Crippen LogP contribution < -0.4 is 5.32 Å². The first-order valence-corrected chi connectivity index (χ1v) is 9.57. The first-order valence-electron chi connectivity index (χ1n) is 8.44. The van der Waals surface area contributed by atoms with Crippen LogP contribution in [0.15, 0.2) is 54.9 Å². The van der Waals surface area contributed by atoms with Crippen molar-refractivity contribution in [1.29, 1.82) is 0 Å². The van der Waals surface area contributed by atoms with Crippen molar-refractivity contribution in [2.45, 2.75) is 6.54 Å². The van der Waals surface area contributed by atoms with Gasteiger partial charge in [-0.3, -0.25) is 15.2 Å². The molecule has 2 aromatic carbocycles. The summed E-state index contributed by atoms with van der Waals surface area (Å²) in [6, 6.07) is 14.1. The summed E-state index contributed by atoms with van der Waals surface area (Å²) < 4.78 is 1.58. The van der Waals surface area contributed by atoms with Gasteiger partial charge in [-0.25, -0.2) is 9.67 Å². The van der Waals surface area contributed by atoms with Crippen LogP contribution in [-0.4, -0.2) is 30.9 Å². The normalized spacial score (nSPS) is 10.9. The number of carbonyl (C=O) groups is 1. The van der Waals surface area contributed by atoms with Crippen LogP contribution in [-0.2, 0) is 6.54 Å². The van der Waals surface area contributed by atoms with Crippen LogP contribution >= 0.6 is 34.8 Å². The van der Waals surface area contributed by atoms with Gasteiger partial charge in [0.1, 0.15) is 12.0 Å². The number of benzene rings is 2. The predicted octanol–water partition coefficient (Wildman–Crippen LogP) is 4.93. The Morgan fingerprint density at radius 3 is 2.59 bits per heavy atom. The Kier molecular flexibility index (Phi) is 5.53. The summed E-state index contributed by atoms with van der Waals surface area (Å²) in [4.78, 5) is 16.5. The van der Waals surface area contributed by atoms with E-state index in [2.05, 4.69) is 25.6 Å². The Morgan fingerprint density at radius 1 is 1.03 bits per heavy atom. The standard InChI is InChI=1S/C19H13Cl3N6O/c20-13-4-2-12(3-5-13)16-8-17(26-25-16)18(29)24-19-23-10-28(27-19)9-11-1-6-14(21)15(22)7-11/h1-8,10H,9H2,(H,25,26)(H,24,27,29). The average Bonchev–Trinajstić information content (AvgIpc) is 3.35. The van der Waals surface area contributed by atoms with Gasteiger partial charge in [0, 0.05) is 10.6 Å². The number of amides is 1. The SMILES string of the molecule is O=C(Nc1ncn(Cc2ccc(Cl)c(Cl)c2)n1)c1cc(-c2ccc(Cl)cc2)n[nH]1. The van der Waals surface area contributed by atoms with E-state index in [0.29, 0.717) is 27.3 Å². The number of aromatic nitrogens is 5. The van der Waals surface area contributed by atoms with Gasteiger partial charge >= 0.3 is 0 Å². The van der Waals surface area contributed by atoms with Crippen LogP contribution in [0, 0.1) is 0 Å². The zero-order valence-electron chi connectivity index (χ0n) is 14.7. The molecule has 1 amide bonds. The van der Waals surface area contributed by atoms with Crippen LogP contribution in [0.1, 0.15) is 16.1 Å². The van der Waals surface area contributed by atoms with Crippen molar-refractivity contribution in [3.63, 3.8) is 0 Å². The second-order valence-corrected chi connectivity index (χ2v) is 7.39. The monoisotopic (exact) mass is 446 g/mol. The smallest absolute Gasteiger partial charge is 0.276 e. The summed E-state index contributed by atoms with van der Waals surface area (Å²) in [7, 11) is 0. The van der Waals surface area contributed by atoms with Crippen molar-refractivity contribution in [3.05, 3.63) is 81.2 Å². The molecular formula is C19H13Cl3N6O. The molecule has 0 aliphatic rings. The third-order valence-corrected chi connectivity index (χ3v) is 5.04. The highest BCUT2D eigenvalue weighted by Crippen LogP contribution is 2.23. The summed E-state index contributed by atoms with van der Waals surface area (Å²) in [5, 5.41) is 15.3. The fourth-order valence-electron chi connectivity index (χ4n) is 2.63. The van der Waals surface area contributed by atoms with E-state index in [-0.39, 0.29) is 11.6 Å². The number of halogens is 3. The fraction of sp³-hybridized carbons (Fsp3) is 0.0526. The van der Waals surface area contributed by atoms with Gasteiger partial charge in [0.15, 0.2) is 0 Å². The van der Waals surface area contributed by atoms with Gasteiger partial charge in [0.25, 0.3) is 5.91 Å². The first-order chi connectivity index (χ1) is 14.0. The number of nitrogens with one attached hydrogen (secondary N) is 2.